The van der Waals surface area contributed by atoms with Crippen LogP contribution in [0.1, 0.15) is 78.0 Å². The van der Waals surface area contributed by atoms with Gasteiger partial charge in [0.15, 0.2) is 46.0 Å². The molecule has 290 valence electrons. The Morgan fingerprint density at radius 3 is 2.09 bits per heavy atom. The van der Waals surface area contributed by atoms with Crippen LogP contribution in [0.15, 0.2) is 60.2 Å². The summed E-state index contributed by atoms with van der Waals surface area (Å²) in [6.07, 6.45) is 0.412. The fraction of sp³-hybridized carbons (Fsp3) is 0.308. The lowest BCUT2D eigenvalue weighted by Crippen LogP contribution is -2.33. The summed E-state index contributed by atoms with van der Waals surface area (Å²) in [5.41, 5.74) is 0.315. The first-order valence-corrected chi connectivity index (χ1v) is 17.0. The quantitative estimate of drug-likeness (QED) is 0.0195. The maximum absolute atomic E-state index is 13.4. The number of aliphatic hydroxyl groups excluding tert-OH is 1. The van der Waals surface area contributed by atoms with Crippen molar-refractivity contribution in [3.63, 3.8) is 0 Å². The highest BCUT2D eigenvalue weighted by Crippen LogP contribution is 2.43. The Morgan fingerprint density at radius 1 is 0.836 bits per heavy atom. The van der Waals surface area contributed by atoms with Gasteiger partial charge in [0.1, 0.15) is 0 Å². The van der Waals surface area contributed by atoms with Gasteiger partial charge in [-0.25, -0.2) is 4.79 Å². The van der Waals surface area contributed by atoms with E-state index in [-0.39, 0.29) is 54.1 Å². The number of benzene rings is 3. The van der Waals surface area contributed by atoms with E-state index in [2.05, 4.69) is 6.58 Å². The van der Waals surface area contributed by atoms with Gasteiger partial charge in [-0.2, -0.15) is 0 Å². The van der Waals surface area contributed by atoms with Crippen LogP contribution in [0.5, 0.6) is 51.7 Å². The number of rotatable bonds is 11. The second kappa shape index (κ2) is 16.2. The largest absolute Gasteiger partial charge is 0.504 e. The van der Waals surface area contributed by atoms with Crippen LogP contribution in [-0.4, -0.2) is 76.7 Å². The summed E-state index contributed by atoms with van der Waals surface area (Å²) in [5.74, 6) is -12.0. The van der Waals surface area contributed by atoms with Crippen molar-refractivity contribution in [2.75, 3.05) is 6.61 Å². The van der Waals surface area contributed by atoms with Crippen molar-refractivity contribution in [3.8, 4) is 51.7 Å². The predicted molar refractivity (Wildman–Crippen MR) is 188 cm³/mol. The van der Waals surface area contributed by atoms with Gasteiger partial charge in [-0.3, -0.25) is 19.2 Å². The molecule has 8 N–H and O–H groups in total. The van der Waals surface area contributed by atoms with Crippen LogP contribution in [0.2, 0.25) is 0 Å². The number of aliphatic hydroxyl groups is 1. The summed E-state index contributed by atoms with van der Waals surface area (Å²) < 4.78 is 16.0. The van der Waals surface area contributed by atoms with Crippen molar-refractivity contribution in [2.45, 2.75) is 51.7 Å². The van der Waals surface area contributed by atoms with E-state index in [4.69, 9.17) is 14.2 Å². The fourth-order valence-corrected chi connectivity index (χ4v) is 6.41. The molecule has 2 saturated carbocycles. The standard InChI is InChI=1S/C39H38O16/c1-3-19-8-21(10-26(41)33(19)46)38(51)54-31-14-20(9-29(44)35(31)48)25(40)7-18-5-4-17(2)24(6-18)16-53-37(50)23-13-30(45)36(49)32(15-23)55-39(52)22-11-27(42)34(47)28(43)12-22/h3,9,11-15,18,21,24,39,42-45,47-49,52H,2,4-8,10,16H2,1H3/b19-3+. The van der Waals surface area contributed by atoms with Gasteiger partial charge in [0, 0.05) is 29.9 Å². The Kier molecular flexibility index (Phi) is 11.7. The normalized spacial score (nSPS) is 19.9. The summed E-state index contributed by atoms with van der Waals surface area (Å²) in [7, 11) is 0. The molecule has 4 atom stereocenters. The van der Waals surface area contributed by atoms with E-state index < -0.39 is 99.2 Å². The molecule has 2 aliphatic carbocycles. The van der Waals surface area contributed by atoms with Crippen LogP contribution in [0.25, 0.3) is 0 Å². The Bertz CT molecular complexity index is 2090. The molecule has 0 aromatic heterocycles. The van der Waals surface area contributed by atoms with Crippen LogP contribution < -0.4 is 9.47 Å². The third-order valence-electron chi connectivity index (χ3n) is 9.58. The molecule has 0 heterocycles. The molecule has 0 spiro atoms. The van der Waals surface area contributed by atoms with Crippen molar-refractivity contribution < 1.29 is 79.0 Å². The number of allylic oxidation sites excluding steroid dienone is 2. The number of hydrogen-bond acceptors (Lipinski definition) is 16. The number of carbonyl (C=O) groups is 5. The molecule has 2 aliphatic rings. The van der Waals surface area contributed by atoms with Gasteiger partial charge in [0.05, 0.1) is 18.1 Å². The van der Waals surface area contributed by atoms with E-state index in [1.165, 1.54) is 6.08 Å². The lowest BCUT2D eigenvalue weighted by molar-refractivity contribution is -0.144. The lowest BCUT2D eigenvalue weighted by Gasteiger charge is -2.30. The van der Waals surface area contributed by atoms with E-state index in [1.54, 1.807) is 6.92 Å². The van der Waals surface area contributed by atoms with Gasteiger partial charge in [-0.15, -0.1) is 0 Å². The first-order valence-electron chi connectivity index (χ1n) is 17.0. The highest BCUT2D eigenvalue weighted by Gasteiger charge is 2.36. The van der Waals surface area contributed by atoms with Gasteiger partial charge in [-0.05, 0) is 80.5 Å². The Balaban J connectivity index is 1.21. The average Bonchev–Trinajstić information content (AvgIpc) is 3.14. The zero-order chi connectivity index (χ0) is 40.3. The number of phenols is 7. The molecule has 16 nitrogen and oxygen atoms in total. The zero-order valence-corrected chi connectivity index (χ0v) is 29.4. The minimum absolute atomic E-state index is 0.0370. The molecule has 0 amide bonds. The molecule has 4 unspecified atom stereocenters. The zero-order valence-electron chi connectivity index (χ0n) is 29.4. The van der Waals surface area contributed by atoms with E-state index >= 15 is 0 Å². The second-order valence-corrected chi connectivity index (χ2v) is 13.4. The molecule has 3 aromatic carbocycles. The van der Waals surface area contributed by atoms with E-state index in [0.717, 1.165) is 42.0 Å². The number of ether oxygens (including phenoxy) is 3. The van der Waals surface area contributed by atoms with Crippen LogP contribution >= 0.6 is 0 Å². The Labute approximate surface area is 312 Å². The van der Waals surface area contributed by atoms with Crippen molar-refractivity contribution in [2.24, 2.45) is 17.8 Å². The smallest absolute Gasteiger partial charge is 0.338 e. The van der Waals surface area contributed by atoms with Gasteiger partial charge < -0.3 is 55.1 Å². The van der Waals surface area contributed by atoms with Gasteiger partial charge in [0.25, 0.3) is 0 Å². The van der Waals surface area contributed by atoms with Crippen molar-refractivity contribution in [1.29, 1.82) is 0 Å². The molecule has 5 rings (SSSR count). The molecule has 55 heavy (non-hydrogen) atoms. The molecule has 0 aliphatic heterocycles. The minimum Gasteiger partial charge on any atom is -0.504 e. The summed E-state index contributed by atoms with van der Waals surface area (Å²) >= 11 is 0. The molecular weight excluding hydrogens is 724 g/mol. The van der Waals surface area contributed by atoms with Crippen molar-refractivity contribution in [3.05, 3.63) is 76.9 Å². The number of hydrogen-bond donors (Lipinski definition) is 8. The van der Waals surface area contributed by atoms with Gasteiger partial charge in [-0.1, -0.05) is 18.2 Å². The second-order valence-electron chi connectivity index (χ2n) is 13.4. The third kappa shape index (κ3) is 8.81. The summed E-state index contributed by atoms with van der Waals surface area (Å²) in [6, 6.07) is 5.77. The number of carbonyl (C=O) groups excluding carboxylic acids is 5. The van der Waals surface area contributed by atoms with E-state index in [9.17, 15) is 64.8 Å². The number of ketones is 3. The average molecular weight is 763 g/mol. The van der Waals surface area contributed by atoms with E-state index in [1.807, 2.05) is 0 Å². The first-order chi connectivity index (χ1) is 26.0. The summed E-state index contributed by atoms with van der Waals surface area (Å²) in [5, 5.41) is 80.7. The monoisotopic (exact) mass is 762 g/mol. The van der Waals surface area contributed by atoms with Crippen LogP contribution in [0, 0.1) is 17.8 Å². The maximum Gasteiger partial charge on any atom is 0.338 e. The molecule has 2 fully saturated rings. The van der Waals surface area contributed by atoms with Crippen LogP contribution in [0.3, 0.4) is 0 Å². The van der Waals surface area contributed by atoms with Gasteiger partial charge >= 0.3 is 11.9 Å². The first kappa shape index (κ1) is 39.7. The molecule has 3 aromatic rings. The van der Waals surface area contributed by atoms with Crippen LogP contribution in [0.4, 0.5) is 0 Å². The molecule has 0 radical (unpaired) electrons. The summed E-state index contributed by atoms with van der Waals surface area (Å²) in [6.45, 7) is 5.43. The minimum atomic E-state index is -1.94. The Morgan fingerprint density at radius 2 is 1.44 bits per heavy atom. The predicted octanol–water partition coefficient (Wildman–Crippen LogP) is 4.50. The summed E-state index contributed by atoms with van der Waals surface area (Å²) in [4.78, 5) is 63.4. The van der Waals surface area contributed by atoms with Crippen molar-refractivity contribution >= 4 is 29.3 Å². The molecule has 0 bridgehead atoms. The van der Waals surface area contributed by atoms with Crippen LogP contribution in [-0.2, 0) is 19.1 Å². The van der Waals surface area contributed by atoms with Crippen molar-refractivity contribution in [1.82, 2.24) is 0 Å². The SMILES string of the molecule is C=C1CCC(CC(=O)c2cc(O)c(O)c(OC(=O)C3CC(=O)C(=O)/C(=C/C)C3)c2)CC1COC(=O)c1cc(O)c(O)c(OC(O)c2cc(O)c(O)c(O)c2)c1. The van der Waals surface area contributed by atoms with Gasteiger partial charge in [0.2, 0.25) is 29.4 Å². The number of esters is 2. The topological polar surface area (TPSA) is 275 Å². The number of Topliss-reactive ketones (excluding diaryl/α,β-unsaturated/α-hetero) is 3. The highest BCUT2D eigenvalue weighted by molar-refractivity contribution is 6.44. The number of aromatic hydroxyl groups is 7. The highest BCUT2D eigenvalue weighted by atomic mass is 16.6. The van der Waals surface area contributed by atoms with E-state index in [0.29, 0.717) is 19.3 Å². The molecule has 0 saturated heterocycles. The molecular formula is C39H38O16. The lowest BCUT2D eigenvalue weighted by atomic mass is 9.76. The Hall–Kier alpha value is -6.55. The fourth-order valence-electron chi connectivity index (χ4n) is 6.41. The number of phenolic OH excluding ortho intramolecular Hbond substituents is 7. The maximum atomic E-state index is 13.4. The molecule has 16 heteroatoms. The third-order valence-corrected chi connectivity index (χ3v) is 9.58.